The van der Waals surface area contributed by atoms with Crippen molar-refractivity contribution < 1.29 is 4.65 Å². The quantitative estimate of drug-likeness (QED) is 0.364. The highest BCUT2D eigenvalue weighted by Gasteiger charge is 2.54. The molecular weight excluding hydrogens is 389 g/mol. The maximum absolute atomic E-state index is 7.09. The van der Waals surface area contributed by atoms with Gasteiger partial charge in [-0.25, -0.2) is 0 Å². The van der Waals surface area contributed by atoms with E-state index in [0.717, 1.165) is 0 Å². The van der Waals surface area contributed by atoms with Crippen LogP contribution in [0.5, 0.6) is 0 Å². The van der Waals surface area contributed by atoms with E-state index in [1.165, 1.54) is 64.8 Å². The Kier molecular flexibility index (Phi) is 5.04. The summed E-state index contributed by atoms with van der Waals surface area (Å²) in [4.78, 5) is 0. The molecule has 4 aromatic carbocycles. The first-order valence-corrected chi connectivity index (χ1v) is 12.2. The molecule has 0 amide bonds. The van der Waals surface area contributed by atoms with Crippen molar-refractivity contribution in [1.82, 2.24) is 5.23 Å². The molecule has 1 atom stereocenters. The molecule has 2 nitrogen and oxygen atoms in total. The van der Waals surface area contributed by atoms with Crippen LogP contribution in [0, 0.1) is 5.92 Å². The van der Waals surface area contributed by atoms with E-state index in [1.807, 2.05) is 0 Å². The highest BCUT2D eigenvalue weighted by Crippen LogP contribution is 2.50. The van der Waals surface area contributed by atoms with Crippen molar-refractivity contribution in [3.05, 3.63) is 96.1 Å². The Labute approximate surface area is 191 Å². The molecule has 1 aliphatic heterocycles. The molecule has 1 unspecified atom stereocenters. The fourth-order valence-corrected chi connectivity index (χ4v) is 6.40. The Morgan fingerprint density at radius 2 is 1.25 bits per heavy atom. The highest BCUT2D eigenvalue weighted by molar-refractivity contribution is 6.48. The number of nitrogens with one attached hydrogen (secondary N) is 1. The fraction of sp³-hybridized carbons (Fsp3) is 0.310. The van der Waals surface area contributed by atoms with Crippen molar-refractivity contribution in [1.29, 1.82) is 0 Å². The average molecular weight is 419 g/mol. The van der Waals surface area contributed by atoms with Crippen LogP contribution in [0.25, 0.3) is 21.5 Å². The lowest BCUT2D eigenvalue weighted by Crippen LogP contribution is -2.48. The second-order valence-corrected chi connectivity index (χ2v) is 9.59. The van der Waals surface area contributed by atoms with Gasteiger partial charge in [0.1, 0.15) is 5.60 Å². The zero-order chi connectivity index (χ0) is 21.5. The molecule has 0 bridgehead atoms. The second-order valence-electron chi connectivity index (χ2n) is 9.59. The van der Waals surface area contributed by atoms with E-state index in [4.69, 9.17) is 4.65 Å². The number of fused-ring (bicyclic) bond motifs is 2. The van der Waals surface area contributed by atoms with E-state index < -0.39 is 5.60 Å². The molecule has 32 heavy (non-hydrogen) atoms. The molecule has 1 aliphatic carbocycles. The maximum Gasteiger partial charge on any atom is 0.377 e. The summed E-state index contributed by atoms with van der Waals surface area (Å²) < 4.78 is 7.09. The summed E-state index contributed by atoms with van der Waals surface area (Å²) in [6.07, 6.45) is 6.53. The lowest BCUT2D eigenvalue weighted by atomic mass is 9.69. The van der Waals surface area contributed by atoms with Gasteiger partial charge in [-0.2, -0.15) is 0 Å². The van der Waals surface area contributed by atoms with Crippen LogP contribution in [0.15, 0.2) is 84.9 Å². The van der Waals surface area contributed by atoms with Crippen LogP contribution in [0.4, 0.5) is 0 Å². The number of hydrogen-bond donors (Lipinski definition) is 1. The Morgan fingerprint density at radius 3 is 1.84 bits per heavy atom. The normalized spacial score (nSPS) is 21.4. The van der Waals surface area contributed by atoms with Crippen LogP contribution in [-0.4, -0.2) is 13.1 Å². The van der Waals surface area contributed by atoms with Gasteiger partial charge in [-0.15, -0.1) is 0 Å². The molecule has 0 aromatic heterocycles. The molecule has 2 aliphatic rings. The SMILES string of the molecule is CB1NC(C2CCCCC2)C(c2cccc3ccccc23)(c2cccc3ccccc23)O1. The molecular formula is C29H30BNO. The van der Waals surface area contributed by atoms with Gasteiger partial charge in [-0.3, -0.25) is 0 Å². The average Bonchev–Trinajstić information content (AvgIpc) is 3.21. The summed E-state index contributed by atoms with van der Waals surface area (Å²) in [5.41, 5.74) is 2.06. The first-order valence-electron chi connectivity index (χ1n) is 12.2. The van der Waals surface area contributed by atoms with Crippen molar-refractivity contribution in [2.75, 3.05) is 0 Å². The lowest BCUT2D eigenvalue weighted by Gasteiger charge is -2.42. The van der Waals surface area contributed by atoms with Crippen LogP contribution in [-0.2, 0) is 10.3 Å². The number of hydrogen-bond acceptors (Lipinski definition) is 2. The molecule has 6 rings (SSSR count). The topological polar surface area (TPSA) is 21.3 Å². The Balaban J connectivity index is 1.68. The fourth-order valence-electron chi connectivity index (χ4n) is 6.40. The molecule has 1 saturated heterocycles. The van der Waals surface area contributed by atoms with Crippen molar-refractivity contribution in [2.24, 2.45) is 5.92 Å². The predicted octanol–water partition coefficient (Wildman–Crippen LogP) is 6.92. The van der Waals surface area contributed by atoms with Crippen LogP contribution in [0.1, 0.15) is 43.2 Å². The molecule has 4 aromatic rings. The van der Waals surface area contributed by atoms with Crippen LogP contribution < -0.4 is 5.23 Å². The molecule has 1 saturated carbocycles. The maximum atomic E-state index is 7.09. The second kappa shape index (κ2) is 8.06. The molecule has 1 N–H and O–H groups in total. The van der Waals surface area contributed by atoms with Gasteiger partial charge in [0.2, 0.25) is 0 Å². The molecule has 2 fully saturated rings. The summed E-state index contributed by atoms with van der Waals surface area (Å²) >= 11 is 0. The third kappa shape index (κ3) is 3.10. The standard InChI is InChI=1S/C29H30BNO/c1-30-31-28(23-13-3-2-4-14-23)29(32-30,26-19-9-15-21-11-5-7-17-24(21)26)27-20-10-16-22-12-6-8-18-25(22)27/h5-12,15-20,23,28,31H,2-4,13-14H2,1H3. The zero-order valence-electron chi connectivity index (χ0n) is 18.8. The summed E-state index contributed by atoms with van der Waals surface area (Å²) in [6, 6.07) is 31.2. The number of rotatable bonds is 3. The molecule has 3 heteroatoms. The van der Waals surface area contributed by atoms with Crippen LogP contribution in [0.2, 0.25) is 6.82 Å². The summed E-state index contributed by atoms with van der Waals surface area (Å²) in [7, 11) is -0.000127. The largest absolute Gasteiger partial charge is 0.406 e. The van der Waals surface area contributed by atoms with E-state index in [0.29, 0.717) is 5.92 Å². The van der Waals surface area contributed by atoms with E-state index in [1.54, 1.807) is 0 Å². The van der Waals surface area contributed by atoms with Gasteiger partial charge >= 0.3 is 7.05 Å². The van der Waals surface area contributed by atoms with E-state index in [9.17, 15) is 0 Å². The summed E-state index contributed by atoms with van der Waals surface area (Å²) in [6.45, 7) is 2.17. The first-order chi connectivity index (χ1) is 15.8. The third-order valence-corrected chi connectivity index (χ3v) is 7.72. The Hall–Kier alpha value is -2.62. The first kappa shape index (κ1) is 20.0. The lowest BCUT2D eigenvalue weighted by molar-refractivity contribution is 0.0803. The van der Waals surface area contributed by atoms with E-state index in [-0.39, 0.29) is 13.1 Å². The van der Waals surface area contributed by atoms with Crippen LogP contribution >= 0.6 is 0 Å². The van der Waals surface area contributed by atoms with Gasteiger partial charge in [0.05, 0.1) is 0 Å². The van der Waals surface area contributed by atoms with Gasteiger partial charge in [0, 0.05) is 6.04 Å². The van der Waals surface area contributed by atoms with Gasteiger partial charge < -0.3 is 9.88 Å². The third-order valence-electron chi connectivity index (χ3n) is 7.72. The van der Waals surface area contributed by atoms with E-state index >= 15 is 0 Å². The van der Waals surface area contributed by atoms with Crippen molar-refractivity contribution in [3.8, 4) is 0 Å². The summed E-state index contributed by atoms with van der Waals surface area (Å²) in [5, 5.41) is 9.05. The van der Waals surface area contributed by atoms with Crippen LogP contribution in [0.3, 0.4) is 0 Å². The van der Waals surface area contributed by atoms with Gasteiger partial charge in [0.15, 0.2) is 0 Å². The summed E-state index contributed by atoms with van der Waals surface area (Å²) in [5.74, 6) is 0.603. The molecule has 1 heterocycles. The smallest absolute Gasteiger partial charge is 0.377 e. The number of benzene rings is 4. The highest BCUT2D eigenvalue weighted by atomic mass is 16.5. The minimum atomic E-state index is -0.525. The van der Waals surface area contributed by atoms with Gasteiger partial charge in [-0.1, -0.05) is 104 Å². The van der Waals surface area contributed by atoms with Gasteiger partial charge in [-0.05, 0) is 58.3 Å². The van der Waals surface area contributed by atoms with Crippen molar-refractivity contribution in [3.63, 3.8) is 0 Å². The predicted molar refractivity (Wildman–Crippen MR) is 135 cm³/mol. The minimum absolute atomic E-state index is 0.000127. The van der Waals surface area contributed by atoms with Crippen molar-refractivity contribution >= 4 is 28.6 Å². The molecule has 0 radical (unpaired) electrons. The van der Waals surface area contributed by atoms with Gasteiger partial charge in [0.25, 0.3) is 0 Å². The molecule has 160 valence electrons. The zero-order valence-corrected chi connectivity index (χ0v) is 18.8. The monoisotopic (exact) mass is 419 g/mol. The Bertz CT molecular complexity index is 1170. The Morgan fingerprint density at radius 1 is 0.719 bits per heavy atom. The van der Waals surface area contributed by atoms with Crippen molar-refractivity contribution in [2.45, 2.75) is 50.6 Å². The molecule has 0 spiro atoms. The van der Waals surface area contributed by atoms with E-state index in [2.05, 4.69) is 97.0 Å². The minimum Gasteiger partial charge on any atom is -0.406 e.